The molecule has 1 aliphatic carbocycles. The summed E-state index contributed by atoms with van der Waals surface area (Å²) in [4.78, 5) is 31.4. The molecule has 32 heavy (non-hydrogen) atoms. The molecule has 2 N–H and O–H groups in total. The van der Waals surface area contributed by atoms with E-state index in [4.69, 9.17) is 14.6 Å². The Balaban J connectivity index is 1.58. The zero-order chi connectivity index (χ0) is 22.2. The van der Waals surface area contributed by atoms with Crippen molar-refractivity contribution in [3.8, 4) is 0 Å². The number of benzene rings is 2. The predicted octanol–water partition coefficient (Wildman–Crippen LogP) is 4.83. The number of hydrogen-bond donors (Lipinski definition) is 2. The fourth-order valence-electron chi connectivity index (χ4n) is 4.14. The van der Waals surface area contributed by atoms with Crippen molar-refractivity contribution >= 4 is 50.1 Å². The summed E-state index contributed by atoms with van der Waals surface area (Å²) in [7, 11) is 0. The smallest absolute Gasteiger partial charge is 0.341 e. The monoisotopic (exact) mass is 447 g/mol. The van der Waals surface area contributed by atoms with Crippen LogP contribution in [0.2, 0.25) is 0 Å². The van der Waals surface area contributed by atoms with Crippen LogP contribution < -0.4 is 10.9 Å². The van der Waals surface area contributed by atoms with Gasteiger partial charge < -0.3 is 14.5 Å². The summed E-state index contributed by atoms with van der Waals surface area (Å²) >= 11 is 1.40. The third-order valence-electron chi connectivity index (χ3n) is 5.61. The number of carbonyl (C=O) groups excluding carboxylic acids is 2. The Kier molecular flexibility index (Phi) is 5.22. The quantitative estimate of drug-likeness (QED) is 0.344. The topological polar surface area (TPSA) is 105 Å². The van der Waals surface area contributed by atoms with Gasteiger partial charge in [-0.25, -0.2) is 9.78 Å². The van der Waals surface area contributed by atoms with E-state index in [9.17, 15) is 9.59 Å². The molecule has 0 atom stereocenters. The van der Waals surface area contributed by atoms with Crippen molar-refractivity contribution in [1.29, 1.82) is 5.41 Å². The lowest BCUT2D eigenvalue weighted by Crippen LogP contribution is -2.23. The number of thiophene rings is 1. The number of aromatic nitrogens is 1. The van der Waals surface area contributed by atoms with Crippen molar-refractivity contribution in [3.05, 3.63) is 63.7 Å². The first-order valence-corrected chi connectivity index (χ1v) is 11.4. The molecule has 2 aromatic heterocycles. The Morgan fingerprint density at radius 3 is 2.84 bits per heavy atom. The number of aryl methyl sites for hydroxylation is 1. The van der Waals surface area contributed by atoms with E-state index in [0.29, 0.717) is 21.7 Å². The van der Waals surface area contributed by atoms with Crippen molar-refractivity contribution in [2.24, 2.45) is 0 Å². The second-order valence-electron chi connectivity index (χ2n) is 7.61. The van der Waals surface area contributed by atoms with E-state index in [1.807, 2.05) is 30.3 Å². The van der Waals surface area contributed by atoms with E-state index >= 15 is 0 Å². The molecule has 0 unspecified atom stereocenters. The van der Waals surface area contributed by atoms with Gasteiger partial charge in [0.15, 0.2) is 11.3 Å². The number of nitrogens with zero attached hydrogens (tertiary/aromatic N) is 1. The number of hydrogen-bond acceptors (Lipinski definition) is 7. The van der Waals surface area contributed by atoms with Gasteiger partial charge in [-0.1, -0.05) is 30.3 Å². The first-order valence-electron chi connectivity index (χ1n) is 10.6. The SMILES string of the molecule is CCOC(=O)c1c(NC(=O)c2nc3c(ccc4ccccc43)oc2=N)sc2c1CCCC2. The largest absolute Gasteiger partial charge is 0.462 e. The lowest BCUT2D eigenvalue weighted by molar-refractivity contribution is 0.0526. The number of nitrogens with one attached hydrogen (secondary N) is 2. The van der Waals surface area contributed by atoms with Gasteiger partial charge in [-0.05, 0) is 49.6 Å². The van der Waals surface area contributed by atoms with Gasteiger partial charge in [-0.15, -0.1) is 11.3 Å². The van der Waals surface area contributed by atoms with E-state index in [1.165, 1.54) is 11.3 Å². The summed E-state index contributed by atoms with van der Waals surface area (Å²) < 4.78 is 10.9. The lowest BCUT2D eigenvalue weighted by atomic mass is 9.95. The minimum Gasteiger partial charge on any atom is -0.462 e. The van der Waals surface area contributed by atoms with Crippen molar-refractivity contribution in [3.63, 3.8) is 0 Å². The summed E-state index contributed by atoms with van der Waals surface area (Å²) in [6, 6.07) is 11.3. The highest BCUT2D eigenvalue weighted by Gasteiger charge is 2.28. The van der Waals surface area contributed by atoms with Gasteiger partial charge in [0.2, 0.25) is 5.55 Å². The van der Waals surface area contributed by atoms with Gasteiger partial charge in [-0.3, -0.25) is 10.2 Å². The molecule has 4 aromatic rings. The molecule has 1 amide bonds. The third-order valence-corrected chi connectivity index (χ3v) is 6.81. The Morgan fingerprint density at radius 2 is 2.00 bits per heavy atom. The Hall–Kier alpha value is -3.52. The predicted molar refractivity (Wildman–Crippen MR) is 122 cm³/mol. The Morgan fingerprint density at radius 1 is 1.19 bits per heavy atom. The molecule has 0 fully saturated rings. The molecular weight excluding hydrogens is 426 g/mol. The maximum atomic E-state index is 13.2. The average molecular weight is 448 g/mol. The molecule has 1 aliphatic rings. The first-order chi connectivity index (χ1) is 15.6. The fraction of sp³-hybridized carbons (Fsp3) is 0.250. The summed E-state index contributed by atoms with van der Waals surface area (Å²) in [5.74, 6) is -1.02. The maximum Gasteiger partial charge on any atom is 0.341 e. The molecule has 5 rings (SSSR count). The van der Waals surface area contributed by atoms with Crippen LogP contribution in [-0.4, -0.2) is 23.5 Å². The van der Waals surface area contributed by atoms with Gasteiger partial charge in [-0.2, -0.15) is 0 Å². The molecule has 0 saturated carbocycles. The van der Waals surface area contributed by atoms with Crippen LogP contribution in [0.15, 0.2) is 40.8 Å². The van der Waals surface area contributed by atoms with E-state index in [2.05, 4.69) is 10.3 Å². The number of rotatable bonds is 4. The van der Waals surface area contributed by atoms with Gasteiger partial charge in [0, 0.05) is 10.3 Å². The number of amides is 1. The lowest BCUT2D eigenvalue weighted by Gasteiger charge is -2.12. The Bertz CT molecular complexity index is 1440. The van der Waals surface area contributed by atoms with Crippen LogP contribution in [0.3, 0.4) is 0 Å². The van der Waals surface area contributed by atoms with Crippen molar-refractivity contribution in [1.82, 2.24) is 4.98 Å². The third kappa shape index (κ3) is 3.46. The minimum atomic E-state index is -0.585. The van der Waals surface area contributed by atoms with Gasteiger partial charge >= 0.3 is 5.97 Å². The van der Waals surface area contributed by atoms with Crippen LogP contribution in [0.5, 0.6) is 0 Å². The fourth-order valence-corrected chi connectivity index (χ4v) is 5.42. The minimum absolute atomic E-state index is 0.130. The van der Waals surface area contributed by atoms with Crippen LogP contribution in [0.1, 0.15) is 51.1 Å². The van der Waals surface area contributed by atoms with Crippen molar-refractivity contribution in [2.45, 2.75) is 32.6 Å². The second kappa shape index (κ2) is 8.20. The summed E-state index contributed by atoms with van der Waals surface area (Å²) in [5.41, 5.74) is 1.88. The molecule has 2 heterocycles. The molecule has 0 spiro atoms. The molecule has 2 aromatic carbocycles. The molecule has 7 nitrogen and oxygen atoms in total. The molecule has 0 bridgehead atoms. The van der Waals surface area contributed by atoms with E-state index in [0.717, 1.165) is 46.9 Å². The molecule has 0 aliphatic heterocycles. The van der Waals surface area contributed by atoms with Crippen LogP contribution >= 0.6 is 11.3 Å². The molecule has 8 heteroatoms. The number of anilines is 1. The molecule has 0 radical (unpaired) electrons. The van der Waals surface area contributed by atoms with E-state index in [-0.39, 0.29) is 17.9 Å². The normalized spacial score (nSPS) is 13.2. The van der Waals surface area contributed by atoms with Crippen LogP contribution in [0.4, 0.5) is 5.00 Å². The molecule has 0 saturated heterocycles. The van der Waals surface area contributed by atoms with E-state index < -0.39 is 11.9 Å². The van der Waals surface area contributed by atoms with Crippen LogP contribution in [-0.2, 0) is 17.6 Å². The number of ether oxygens (including phenoxy) is 1. The summed E-state index contributed by atoms with van der Waals surface area (Å²) in [5, 5.41) is 13.3. The number of fused-ring (bicyclic) bond motifs is 4. The Labute approximate surface area is 187 Å². The molecular formula is C24H21N3O4S. The number of carbonyl (C=O) groups is 2. The number of esters is 1. The highest BCUT2D eigenvalue weighted by molar-refractivity contribution is 7.17. The zero-order valence-corrected chi connectivity index (χ0v) is 18.3. The summed E-state index contributed by atoms with van der Waals surface area (Å²) in [6.07, 6.45) is 3.72. The van der Waals surface area contributed by atoms with Crippen LogP contribution in [0.25, 0.3) is 21.9 Å². The standard InChI is InChI=1S/C24H21N3O4S/c1-2-30-24(29)18-15-9-5-6-10-17(15)32-23(18)27-22(28)20-21(25)31-16-12-11-13-7-3-4-8-14(13)19(16)26-20/h3-4,7-8,11-12,25H,2,5-6,9-10H2,1H3,(H,27,28). The van der Waals surface area contributed by atoms with Crippen molar-refractivity contribution in [2.75, 3.05) is 11.9 Å². The average Bonchev–Trinajstić information content (AvgIpc) is 3.16. The van der Waals surface area contributed by atoms with Gasteiger partial charge in [0.1, 0.15) is 10.5 Å². The second-order valence-corrected chi connectivity index (χ2v) is 8.72. The first kappa shape index (κ1) is 20.4. The van der Waals surface area contributed by atoms with Crippen LogP contribution in [0, 0.1) is 5.41 Å². The van der Waals surface area contributed by atoms with Gasteiger partial charge in [0.05, 0.1) is 12.2 Å². The maximum absolute atomic E-state index is 13.2. The highest BCUT2D eigenvalue weighted by Crippen LogP contribution is 2.38. The summed E-state index contributed by atoms with van der Waals surface area (Å²) in [6.45, 7) is 2.01. The van der Waals surface area contributed by atoms with E-state index in [1.54, 1.807) is 13.0 Å². The highest BCUT2D eigenvalue weighted by atomic mass is 32.1. The van der Waals surface area contributed by atoms with Gasteiger partial charge in [0.25, 0.3) is 5.91 Å². The van der Waals surface area contributed by atoms with Crippen molar-refractivity contribution < 1.29 is 18.7 Å². The zero-order valence-electron chi connectivity index (χ0n) is 17.5. The molecule has 162 valence electrons.